The minimum absolute atomic E-state index is 0.192. The number of hydrogen-bond acceptors (Lipinski definition) is 7. The summed E-state index contributed by atoms with van der Waals surface area (Å²) in [5.74, 6) is -1.10. The summed E-state index contributed by atoms with van der Waals surface area (Å²) in [5.41, 5.74) is 0. The van der Waals surface area contributed by atoms with E-state index in [-0.39, 0.29) is 6.61 Å². The largest absolute Gasteiger partial charge is 0.457 e. The molecule has 2 bridgehead atoms. The van der Waals surface area contributed by atoms with Crippen molar-refractivity contribution < 1.29 is 33.6 Å². The standard InChI is InChI=1S/C10H14O7/c1-4(11)15-8-6-3-14-10(17-6)9(7(8)13)16-5(2)12/h6-10,13H,3H2,1-2H3/t6-,7+,8-,9-,10-/m0/s1. The second kappa shape index (κ2) is 4.59. The van der Waals surface area contributed by atoms with Gasteiger partial charge in [0.15, 0.2) is 18.5 Å². The molecule has 0 amide bonds. The first-order valence-corrected chi connectivity index (χ1v) is 5.28. The van der Waals surface area contributed by atoms with Crippen molar-refractivity contribution in [3.63, 3.8) is 0 Å². The fourth-order valence-electron chi connectivity index (χ4n) is 2.01. The first-order chi connectivity index (χ1) is 7.99. The van der Waals surface area contributed by atoms with Gasteiger partial charge in [-0.1, -0.05) is 0 Å². The first-order valence-electron chi connectivity index (χ1n) is 5.28. The van der Waals surface area contributed by atoms with E-state index < -0.39 is 42.6 Å². The molecule has 2 aliphatic rings. The molecule has 0 aromatic heterocycles. The molecular formula is C10H14O7. The van der Waals surface area contributed by atoms with Crippen LogP contribution in [-0.2, 0) is 28.5 Å². The lowest BCUT2D eigenvalue weighted by Gasteiger charge is -2.36. The summed E-state index contributed by atoms with van der Waals surface area (Å²) in [6.07, 6.45) is -4.32. The Bertz CT molecular complexity index is 299. The summed E-state index contributed by atoms with van der Waals surface area (Å²) in [4.78, 5) is 21.8. The monoisotopic (exact) mass is 246 g/mol. The van der Waals surface area contributed by atoms with Gasteiger partial charge in [0.2, 0.25) is 0 Å². The van der Waals surface area contributed by atoms with E-state index in [2.05, 4.69) is 0 Å². The predicted octanol–water partition coefficient (Wildman–Crippen LogP) is -1.03. The van der Waals surface area contributed by atoms with Crippen LogP contribution in [0.5, 0.6) is 0 Å². The molecular weight excluding hydrogens is 232 g/mol. The molecule has 0 aliphatic carbocycles. The molecule has 0 aromatic rings. The normalized spacial score (nSPS) is 39.8. The zero-order valence-electron chi connectivity index (χ0n) is 9.49. The van der Waals surface area contributed by atoms with Crippen LogP contribution in [-0.4, -0.2) is 54.4 Å². The van der Waals surface area contributed by atoms with E-state index in [0.29, 0.717) is 0 Å². The van der Waals surface area contributed by atoms with Crippen molar-refractivity contribution in [3.05, 3.63) is 0 Å². The molecule has 2 fully saturated rings. The lowest BCUT2D eigenvalue weighted by atomic mass is 10.0. The lowest BCUT2D eigenvalue weighted by molar-refractivity contribution is -0.244. The third kappa shape index (κ3) is 2.41. The van der Waals surface area contributed by atoms with Crippen molar-refractivity contribution in [2.24, 2.45) is 0 Å². The summed E-state index contributed by atoms with van der Waals surface area (Å²) < 4.78 is 20.5. The van der Waals surface area contributed by atoms with E-state index in [4.69, 9.17) is 18.9 Å². The summed E-state index contributed by atoms with van der Waals surface area (Å²) in [6, 6.07) is 0. The number of hydrogen-bond donors (Lipinski definition) is 1. The van der Waals surface area contributed by atoms with Crippen LogP contribution in [0.4, 0.5) is 0 Å². The minimum atomic E-state index is -1.14. The van der Waals surface area contributed by atoms with Gasteiger partial charge in [-0.15, -0.1) is 0 Å². The van der Waals surface area contributed by atoms with Crippen LogP contribution in [0, 0.1) is 0 Å². The summed E-state index contributed by atoms with van der Waals surface area (Å²) in [7, 11) is 0. The fourth-order valence-corrected chi connectivity index (χ4v) is 2.01. The smallest absolute Gasteiger partial charge is 0.303 e. The Balaban J connectivity index is 2.12. The number of carbonyl (C=O) groups is 2. The molecule has 17 heavy (non-hydrogen) atoms. The maximum absolute atomic E-state index is 10.9. The Hall–Kier alpha value is -1.18. The van der Waals surface area contributed by atoms with Gasteiger partial charge in [-0.2, -0.15) is 0 Å². The van der Waals surface area contributed by atoms with Gasteiger partial charge in [0.05, 0.1) is 6.61 Å². The number of aliphatic hydroxyl groups excluding tert-OH is 1. The van der Waals surface area contributed by atoms with Crippen molar-refractivity contribution in [2.45, 2.75) is 44.6 Å². The summed E-state index contributed by atoms with van der Waals surface area (Å²) >= 11 is 0. The van der Waals surface area contributed by atoms with E-state index in [1.165, 1.54) is 13.8 Å². The van der Waals surface area contributed by atoms with Gasteiger partial charge in [0, 0.05) is 13.8 Å². The lowest BCUT2D eigenvalue weighted by Crippen LogP contribution is -2.56. The quantitative estimate of drug-likeness (QED) is 0.622. The molecule has 2 rings (SSSR count). The minimum Gasteiger partial charge on any atom is -0.457 e. The Kier molecular flexibility index (Phi) is 3.32. The highest BCUT2D eigenvalue weighted by Crippen LogP contribution is 2.31. The van der Waals surface area contributed by atoms with Crippen molar-refractivity contribution in [3.8, 4) is 0 Å². The summed E-state index contributed by atoms with van der Waals surface area (Å²) in [6.45, 7) is 2.64. The Labute approximate surface area is 97.6 Å². The maximum atomic E-state index is 10.9. The number of rotatable bonds is 2. The predicted molar refractivity (Wildman–Crippen MR) is 51.7 cm³/mol. The van der Waals surface area contributed by atoms with Crippen LogP contribution < -0.4 is 0 Å². The average molecular weight is 246 g/mol. The first kappa shape index (κ1) is 12.3. The third-order valence-corrected chi connectivity index (χ3v) is 2.65. The zero-order chi connectivity index (χ0) is 12.6. The Morgan fingerprint density at radius 1 is 1.18 bits per heavy atom. The van der Waals surface area contributed by atoms with Crippen LogP contribution >= 0.6 is 0 Å². The van der Waals surface area contributed by atoms with Gasteiger partial charge in [-0.3, -0.25) is 9.59 Å². The van der Waals surface area contributed by atoms with Gasteiger partial charge in [-0.05, 0) is 0 Å². The molecule has 0 unspecified atom stereocenters. The number of ether oxygens (including phenoxy) is 4. The topological polar surface area (TPSA) is 91.3 Å². The molecule has 0 aromatic carbocycles. The number of carbonyl (C=O) groups excluding carboxylic acids is 2. The maximum Gasteiger partial charge on any atom is 0.303 e. The van der Waals surface area contributed by atoms with Crippen molar-refractivity contribution in [1.29, 1.82) is 0 Å². The number of esters is 2. The highest BCUT2D eigenvalue weighted by Gasteiger charge is 2.53. The summed E-state index contributed by atoms with van der Waals surface area (Å²) in [5, 5.41) is 9.99. The van der Waals surface area contributed by atoms with Gasteiger partial charge in [0.1, 0.15) is 12.2 Å². The molecule has 2 heterocycles. The number of aliphatic hydroxyl groups is 1. The van der Waals surface area contributed by atoms with Crippen LogP contribution in [0.15, 0.2) is 0 Å². The molecule has 7 heteroatoms. The van der Waals surface area contributed by atoms with Crippen LogP contribution in [0.25, 0.3) is 0 Å². The molecule has 0 radical (unpaired) electrons. The zero-order valence-corrected chi connectivity index (χ0v) is 9.49. The molecule has 0 saturated carbocycles. The highest BCUT2D eigenvalue weighted by atomic mass is 16.8. The molecule has 2 aliphatic heterocycles. The van der Waals surface area contributed by atoms with Gasteiger partial charge in [-0.25, -0.2) is 0 Å². The fraction of sp³-hybridized carbons (Fsp3) is 0.800. The third-order valence-electron chi connectivity index (χ3n) is 2.65. The van der Waals surface area contributed by atoms with Crippen molar-refractivity contribution in [2.75, 3.05) is 6.61 Å². The van der Waals surface area contributed by atoms with Crippen LogP contribution in [0.3, 0.4) is 0 Å². The second-order valence-electron chi connectivity index (χ2n) is 4.01. The van der Waals surface area contributed by atoms with E-state index in [9.17, 15) is 14.7 Å². The molecule has 7 nitrogen and oxygen atoms in total. The average Bonchev–Trinajstić information content (AvgIpc) is 2.65. The van der Waals surface area contributed by atoms with E-state index >= 15 is 0 Å². The van der Waals surface area contributed by atoms with E-state index in [0.717, 1.165) is 0 Å². The SMILES string of the molecule is CC(=O)O[C@@H]1[C@H]2OC[C@H](O2)[C@H](OC(C)=O)[C@H]1O. The van der Waals surface area contributed by atoms with Crippen molar-refractivity contribution in [1.82, 2.24) is 0 Å². The molecule has 2 saturated heterocycles. The van der Waals surface area contributed by atoms with Crippen LogP contribution in [0.1, 0.15) is 13.8 Å². The van der Waals surface area contributed by atoms with E-state index in [1.807, 2.05) is 0 Å². The van der Waals surface area contributed by atoms with Gasteiger partial charge in [0.25, 0.3) is 0 Å². The van der Waals surface area contributed by atoms with Crippen molar-refractivity contribution >= 4 is 11.9 Å². The van der Waals surface area contributed by atoms with Gasteiger partial charge >= 0.3 is 11.9 Å². The Morgan fingerprint density at radius 2 is 1.76 bits per heavy atom. The molecule has 1 N–H and O–H groups in total. The van der Waals surface area contributed by atoms with E-state index in [1.54, 1.807) is 0 Å². The van der Waals surface area contributed by atoms with Crippen LogP contribution in [0.2, 0.25) is 0 Å². The highest BCUT2D eigenvalue weighted by molar-refractivity contribution is 5.67. The molecule has 96 valence electrons. The van der Waals surface area contributed by atoms with Gasteiger partial charge < -0.3 is 24.1 Å². The molecule has 5 atom stereocenters. The Morgan fingerprint density at radius 3 is 2.35 bits per heavy atom. The number of fused-ring (bicyclic) bond motifs is 2. The second-order valence-corrected chi connectivity index (χ2v) is 4.01. The molecule has 0 spiro atoms.